The average Bonchev–Trinajstić information content (AvgIpc) is 3.63. The number of carboxylic acids is 2. The molecule has 1 aliphatic carbocycles. The van der Waals surface area contributed by atoms with Gasteiger partial charge in [-0.25, -0.2) is 14.6 Å². The fraction of sp³-hybridized carbons (Fsp3) is 0.100. The molecule has 7 nitrogen and oxygen atoms in total. The van der Waals surface area contributed by atoms with Crippen LogP contribution >= 0.6 is 22.7 Å². The summed E-state index contributed by atoms with van der Waals surface area (Å²) in [5, 5.41) is 21.2. The van der Waals surface area contributed by atoms with Crippen molar-refractivity contribution in [2.45, 2.75) is 19.3 Å². The first-order chi connectivity index (χ1) is 18.7. The minimum atomic E-state index is -1.13. The van der Waals surface area contributed by atoms with Gasteiger partial charge in [0, 0.05) is 32.4 Å². The number of thiophene rings is 2. The Balaban J connectivity index is 1.34. The Morgan fingerprint density at radius 1 is 0.769 bits per heavy atom. The van der Waals surface area contributed by atoms with Crippen molar-refractivity contribution < 1.29 is 19.8 Å². The standard InChI is InChI=1S/C30H21N3O4S2/c1-30(2)20-7-10-38-26(20)27-21(30)15-19(39-27)4-3-16-5-8-31-22(11-16)24-13-18(29(36)37)14-25(33-24)23-12-17(28(34)35)6-9-32-23/h3-15H,1-2H3,(H,34,35)(H,36,37)/b4-3+. The summed E-state index contributed by atoms with van der Waals surface area (Å²) in [6.07, 6.45) is 7.11. The number of hydrogen-bond donors (Lipinski definition) is 2. The van der Waals surface area contributed by atoms with E-state index in [-0.39, 0.29) is 27.9 Å². The lowest BCUT2D eigenvalue weighted by Gasteiger charge is -2.18. The molecule has 0 spiro atoms. The highest BCUT2D eigenvalue weighted by Gasteiger charge is 2.38. The summed E-state index contributed by atoms with van der Waals surface area (Å²) in [6.45, 7) is 4.53. The molecule has 0 amide bonds. The molecule has 0 aliphatic heterocycles. The predicted octanol–water partition coefficient (Wildman–Crippen LogP) is 7.20. The highest BCUT2D eigenvalue weighted by molar-refractivity contribution is 7.22. The van der Waals surface area contributed by atoms with Crippen LogP contribution < -0.4 is 0 Å². The summed E-state index contributed by atoms with van der Waals surface area (Å²) in [6, 6.07) is 13.8. The zero-order valence-electron chi connectivity index (χ0n) is 20.9. The second-order valence-corrected chi connectivity index (χ2v) is 11.7. The fourth-order valence-corrected chi connectivity index (χ4v) is 7.19. The number of pyridine rings is 3. The van der Waals surface area contributed by atoms with E-state index in [9.17, 15) is 19.8 Å². The minimum Gasteiger partial charge on any atom is -0.478 e. The third kappa shape index (κ3) is 4.45. The molecule has 5 aromatic rings. The van der Waals surface area contributed by atoms with Crippen LogP contribution in [-0.2, 0) is 5.41 Å². The van der Waals surface area contributed by atoms with Crippen molar-refractivity contribution in [3.05, 3.63) is 99.0 Å². The molecular weight excluding hydrogens is 530 g/mol. The van der Waals surface area contributed by atoms with Gasteiger partial charge in [-0.2, -0.15) is 0 Å². The van der Waals surface area contributed by atoms with Crippen molar-refractivity contribution in [2.24, 2.45) is 0 Å². The van der Waals surface area contributed by atoms with Crippen LogP contribution in [0.3, 0.4) is 0 Å². The second-order valence-electron chi connectivity index (χ2n) is 9.65. The first-order valence-corrected chi connectivity index (χ1v) is 13.7. The lowest BCUT2D eigenvalue weighted by Crippen LogP contribution is -2.13. The van der Waals surface area contributed by atoms with Crippen molar-refractivity contribution in [3.63, 3.8) is 0 Å². The van der Waals surface area contributed by atoms with Crippen molar-refractivity contribution >= 4 is 46.8 Å². The molecule has 192 valence electrons. The fourth-order valence-electron chi connectivity index (χ4n) is 4.74. The van der Waals surface area contributed by atoms with Crippen LogP contribution in [0.15, 0.2) is 66.3 Å². The van der Waals surface area contributed by atoms with Gasteiger partial charge in [0.25, 0.3) is 0 Å². The van der Waals surface area contributed by atoms with E-state index >= 15 is 0 Å². The number of rotatable bonds is 6. The summed E-state index contributed by atoms with van der Waals surface area (Å²) in [7, 11) is 0. The Hall–Kier alpha value is -4.47. The largest absolute Gasteiger partial charge is 0.478 e. The van der Waals surface area contributed by atoms with Crippen LogP contribution in [0.2, 0.25) is 0 Å². The van der Waals surface area contributed by atoms with Gasteiger partial charge >= 0.3 is 11.9 Å². The average molecular weight is 552 g/mol. The van der Waals surface area contributed by atoms with E-state index in [1.54, 1.807) is 28.9 Å². The molecule has 0 radical (unpaired) electrons. The third-order valence-corrected chi connectivity index (χ3v) is 8.98. The smallest absolute Gasteiger partial charge is 0.335 e. The van der Waals surface area contributed by atoms with Crippen LogP contribution in [0.25, 0.3) is 44.7 Å². The van der Waals surface area contributed by atoms with Gasteiger partial charge in [-0.3, -0.25) is 9.97 Å². The van der Waals surface area contributed by atoms with E-state index in [0.29, 0.717) is 11.4 Å². The molecule has 5 aromatic heterocycles. The summed E-state index contributed by atoms with van der Waals surface area (Å²) in [5.41, 5.74) is 5.02. The summed E-state index contributed by atoms with van der Waals surface area (Å²) >= 11 is 3.57. The molecule has 5 heterocycles. The molecule has 0 atom stereocenters. The molecule has 0 unspecified atom stereocenters. The first kappa shape index (κ1) is 24.8. The Morgan fingerprint density at radius 2 is 1.44 bits per heavy atom. The van der Waals surface area contributed by atoms with E-state index in [1.165, 1.54) is 51.3 Å². The van der Waals surface area contributed by atoms with Crippen LogP contribution in [0.5, 0.6) is 0 Å². The Morgan fingerprint density at radius 3 is 2.15 bits per heavy atom. The third-order valence-electron chi connectivity index (χ3n) is 6.80. The number of hydrogen-bond acceptors (Lipinski definition) is 7. The molecular formula is C30H21N3O4S2. The van der Waals surface area contributed by atoms with Gasteiger partial charge in [-0.15, -0.1) is 22.7 Å². The van der Waals surface area contributed by atoms with Gasteiger partial charge in [0.15, 0.2) is 0 Å². The maximum Gasteiger partial charge on any atom is 0.335 e. The van der Waals surface area contributed by atoms with Crippen molar-refractivity contribution in [2.75, 3.05) is 0 Å². The highest BCUT2D eigenvalue weighted by atomic mass is 32.1. The van der Waals surface area contributed by atoms with E-state index in [4.69, 9.17) is 0 Å². The number of carbonyl (C=O) groups is 2. The minimum absolute atomic E-state index is 0.00364. The zero-order chi connectivity index (χ0) is 27.3. The van der Waals surface area contributed by atoms with Gasteiger partial charge in [0.05, 0.1) is 33.9 Å². The van der Waals surface area contributed by atoms with Crippen LogP contribution in [-0.4, -0.2) is 37.1 Å². The van der Waals surface area contributed by atoms with Gasteiger partial charge in [0.1, 0.15) is 0 Å². The van der Waals surface area contributed by atoms with E-state index in [1.807, 2.05) is 18.2 Å². The van der Waals surface area contributed by atoms with Gasteiger partial charge in [-0.1, -0.05) is 19.9 Å². The molecule has 0 saturated carbocycles. The number of aromatic carboxylic acids is 2. The van der Waals surface area contributed by atoms with Gasteiger partial charge in [0.2, 0.25) is 0 Å². The maximum absolute atomic E-state index is 11.9. The van der Waals surface area contributed by atoms with Crippen molar-refractivity contribution in [1.29, 1.82) is 0 Å². The van der Waals surface area contributed by atoms with Gasteiger partial charge in [-0.05, 0) is 76.7 Å². The molecule has 6 rings (SSSR count). The molecule has 9 heteroatoms. The summed E-state index contributed by atoms with van der Waals surface area (Å²) < 4.78 is 0. The predicted molar refractivity (Wildman–Crippen MR) is 153 cm³/mol. The second kappa shape index (κ2) is 9.37. The Bertz CT molecular complexity index is 1820. The SMILES string of the molecule is CC1(C)c2ccsc2-c2sc(/C=C/c3ccnc(-c4cc(C(=O)O)cc(-c5cc(C(=O)O)ccn5)n4)c3)cc21. The molecule has 39 heavy (non-hydrogen) atoms. The number of nitrogens with zero attached hydrogens (tertiary/aromatic N) is 3. The van der Waals surface area contributed by atoms with E-state index < -0.39 is 11.9 Å². The lowest BCUT2D eigenvalue weighted by molar-refractivity contribution is 0.0686. The normalized spacial score (nSPS) is 13.4. The Labute approximate surface area is 231 Å². The molecule has 0 fully saturated rings. The number of aromatic nitrogens is 3. The molecule has 0 bridgehead atoms. The van der Waals surface area contributed by atoms with Crippen molar-refractivity contribution in [3.8, 4) is 32.5 Å². The molecule has 2 N–H and O–H groups in total. The van der Waals surface area contributed by atoms with Crippen LogP contribution in [0.1, 0.15) is 56.1 Å². The van der Waals surface area contributed by atoms with E-state index in [2.05, 4.69) is 52.4 Å². The van der Waals surface area contributed by atoms with Gasteiger partial charge < -0.3 is 10.2 Å². The summed E-state index contributed by atoms with van der Waals surface area (Å²) in [5.74, 6) is -2.24. The zero-order valence-corrected chi connectivity index (χ0v) is 22.5. The highest BCUT2D eigenvalue weighted by Crippen LogP contribution is 2.54. The topological polar surface area (TPSA) is 113 Å². The quantitative estimate of drug-likeness (QED) is 0.229. The number of carboxylic acid groups (broad SMARTS) is 2. The molecule has 0 aromatic carbocycles. The lowest BCUT2D eigenvalue weighted by atomic mass is 9.84. The molecule has 1 aliphatic rings. The first-order valence-electron chi connectivity index (χ1n) is 12.0. The van der Waals surface area contributed by atoms with Crippen LogP contribution in [0, 0.1) is 0 Å². The van der Waals surface area contributed by atoms with Crippen molar-refractivity contribution in [1.82, 2.24) is 15.0 Å². The number of fused-ring (bicyclic) bond motifs is 3. The summed E-state index contributed by atoms with van der Waals surface area (Å²) in [4.78, 5) is 40.3. The molecule has 0 saturated heterocycles. The van der Waals surface area contributed by atoms with E-state index in [0.717, 1.165) is 10.4 Å². The van der Waals surface area contributed by atoms with Crippen LogP contribution in [0.4, 0.5) is 0 Å². The maximum atomic E-state index is 11.9. The monoisotopic (exact) mass is 551 g/mol. The Kier molecular flexibility index (Phi) is 5.97.